The largest absolute Gasteiger partial charge is 0.300 e. The van der Waals surface area contributed by atoms with Gasteiger partial charge in [0.25, 0.3) is 0 Å². The summed E-state index contributed by atoms with van der Waals surface area (Å²) in [6.45, 7) is 8.63. The van der Waals surface area contributed by atoms with Crippen LogP contribution in [0.3, 0.4) is 0 Å². The summed E-state index contributed by atoms with van der Waals surface area (Å²) in [7, 11) is 0. The van der Waals surface area contributed by atoms with Gasteiger partial charge < -0.3 is 4.90 Å². The molecule has 2 nitrogen and oxygen atoms in total. The molecule has 2 fully saturated rings. The molecule has 1 unspecified atom stereocenters. The Morgan fingerprint density at radius 1 is 1.29 bits per heavy atom. The third-order valence-corrected chi connectivity index (χ3v) is 3.52. The number of piperazine rings is 1. The topological polar surface area (TPSA) is 6.48 Å². The van der Waals surface area contributed by atoms with Gasteiger partial charge >= 0.3 is 0 Å². The Bertz CT molecular complexity index is 200. The quantitative estimate of drug-likeness (QED) is 0.631. The lowest BCUT2D eigenvalue weighted by molar-refractivity contribution is 0.106. The molecule has 0 aromatic carbocycles. The van der Waals surface area contributed by atoms with E-state index in [9.17, 15) is 0 Å². The van der Waals surface area contributed by atoms with Crippen molar-refractivity contribution in [2.75, 3.05) is 32.7 Å². The SMILES string of the molecule is C/C=C/CCN1CCN2CCCC2C1. The van der Waals surface area contributed by atoms with Crippen molar-refractivity contribution < 1.29 is 0 Å². The van der Waals surface area contributed by atoms with Gasteiger partial charge in [0.2, 0.25) is 0 Å². The summed E-state index contributed by atoms with van der Waals surface area (Å²) in [6, 6.07) is 0.884. The molecule has 0 aromatic heterocycles. The molecule has 2 heteroatoms. The van der Waals surface area contributed by atoms with Crippen molar-refractivity contribution in [3.05, 3.63) is 12.2 Å². The minimum absolute atomic E-state index is 0.884. The van der Waals surface area contributed by atoms with E-state index in [1.165, 1.54) is 52.0 Å². The van der Waals surface area contributed by atoms with E-state index < -0.39 is 0 Å². The zero-order valence-electron chi connectivity index (χ0n) is 9.28. The summed E-state index contributed by atoms with van der Waals surface area (Å²) < 4.78 is 0. The molecule has 14 heavy (non-hydrogen) atoms. The van der Waals surface area contributed by atoms with Gasteiger partial charge in [0.15, 0.2) is 0 Å². The molecule has 2 saturated heterocycles. The Balaban J connectivity index is 1.74. The van der Waals surface area contributed by atoms with E-state index in [1.807, 2.05) is 0 Å². The predicted octanol–water partition coefficient (Wildman–Crippen LogP) is 1.73. The molecular formula is C12H22N2. The second-order valence-corrected chi connectivity index (χ2v) is 4.49. The average Bonchev–Trinajstić information content (AvgIpc) is 2.65. The van der Waals surface area contributed by atoms with Crippen LogP contribution in [0.4, 0.5) is 0 Å². The molecule has 2 rings (SSSR count). The van der Waals surface area contributed by atoms with Crippen LogP contribution in [0.1, 0.15) is 26.2 Å². The molecule has 0 N–H and O–H groups in total. The monoisotopic (exact) mass is 194 g/mol. The van der Waals surface area contributed by atoms with Crippen LogP contribution in [0.25, 0.3) is 0 Å². The van der Waals surface area contributed by atoms with Crippen LogP contribution < -0.4 is 0 Å². The van der Waals surface area contributed by atoms with Crippen LogP contribution >= 0.6 is 0 Å². The van der Waals surface area contributed by atoms with E-state index in [0.717, 1.165) is 6.04 Å². The molecule has 2 heterocycles. The van der Waals surface area contributed by atoms with E-state index in [2.05, 4.69) is 28.9 Å². The zero-order chi connectivity index (χ0) is 9.80. The number of fused-ring (bicyclic) bond motifs is 1. The highest BCUT2D eigenvalue weighted by molar-refractivity contribution is 4.88. The lowest BCUT2D eigenvalue weighted by atomic mass is 10.1. The predicted molar refractivity (Wildman–Crippen MR) is 60.5 cm³/mol. The first-order valence-electron chi connectivity index (χ1n) is 5.97. The van der Waals surface area contributed by atoms with E-state index >= 15 is 0 Å². The van der Waals surface area contributed by atoms with Crippen molar-refractivity contribution in [2.45, 2.75) is 32.2 Å². The van der Waals surface area contributed by atoms with E-state index in [4.69, 9.17) is 0 Å². The van der Waals surface area contributed by atoms with Crippen LogP contribution in [0.5, 0.6) is 0 Å². The molecular weight excluding hydrogens is 172 g/mol. The van der Waals surface area contributed by atoms with Crippen molar-refractivity contribution in [3.8, 4) is 0 Å². The maximum atomic E-state index is 2.67. The van der Waals surface area contributed by atoms with E-state index in [0.29, 0.717) is 0 Å². The summed E-state index contributed by atoms with van der Waals surface area (Å²) >= 11 is 0. The smallest absolute Gasteiger partial charge is 0.0224 e. The number of hydrogen-bond donors (Lipinski definition) is 0. The van der Waals surface area contributed by atoms with Crippen LogP contribution in [0, 0.1) is 0 Å². The fraction of sp³-hybridized carbons (Fsp3) is 0.833. The molecule has 0 spiro atoms. The Labute approximate surface area is 87.6 Å². The molecule has 0 radical (unpaired) electrons. The average molecular weight is 194 g/mol. The van der Waals surface area contributed by atoms with Gasteiger partial charge in [0.1, 0.15) is 0 Å². The van der Waals surface area contributed by atoms with Crippen LogP contribution in [-0.2, 0) is 0 Å². The van der Waals surface area contributed by atoms with Crippen molar-refractivity contribution in [1.82, 2.24) is 9.80 Å². The maximum absolute atomic E-state index is 2.67. The molecule has 1 atom stereocenters. The highest BCUT2D eigenvalue weighted by Gasteiger charge is 2.29. The fourth-order valence-electron chi connectivity index (χ4n) is 2.68. The van der Waals surface area contributed by atoms with Crippen molar-refractivity contribution in [1.29, 1.82) is 0 Å². The van der Waals surface area contributed by atoms with Gasteiger partial charge in [-0.25, -0.2) is 0 Å². The molecule has 0 aliphatic carbocycles. The highest BCUT2D eigenvalue weighted by atomic mass is 15.3. The van der Waals surface area contributed by atoms with Crippen LogP contribution in [0.15, 0.2) is 12.2 Å². The first kappa shape index (κ1) is 10.2. The fourth-order valence-corrected chi connectivity index (χ4v) is 2.68. The Kier molecular flexibility index (Phi) is 3.60. The first-order valence-corrected chi connectivity index (χ1v) is 5.97. The Hall–Kier alpha value is -0.340. The van der Waals surface area contributed by atoms with Gasteiger partial charge in [-0.1, -0.05) is 12.2 Å². The number of hydrogen-bond acceptors (Lipinski definition) is 2. The second kappa shape index (κ2) is 4.94. The highest BCUT2D eigenvalue weighted by Crippen LogP contribution is 2.21. The van der Waals surface area contributed by atoms with Gasteiger partial charge in [0, 0.05) is 32.2 Å². The van der Waals surface area contributed by atoms with E-state index in [1.54, 1.807) is 0 Å². The molecule has 0 saturated carbocycles. The molecule has 0 amide bonds. The van der Waals surface area contributed by atoms with Crippen molar-refractivity contribution in [2.24, 2.45) is 0 Å². The molecule has 0 aromatic rings. The van der Waals surface area contributed by atoms with Gasteiger partial charge in [-0.05, 0) is 32.7 Å². The summed E-state index contributed by atoms with van der Waals surface area (Å²) in [6.07, 6.45) is 8.52. The van der Waals surface area contributed by atoms with E-state index in [-0.39, 0.29) is 0 Å². The lowest BCUT2D eigenvalue weighted by Crippen LogP contribution is -2.50. The molecule has 2 aliphatic rings. The number of allylic oxidation sites excluding steroid dienone is 1. The van der Waals surface area contributed by atoms with Gasteiger partial charge in [-0.15, -0.1) is 0 Å². The summed E-state index contributed by atoms with van der Waals surface area (Å²) in [5.74, 6) is 0. The van der Waals surface area contributed by atoms with Crippen LogP contribution in [0.2, 0.25) is 0 Å². The third-order valence-electron chi connectivity index (χ3n) is 3.52. The Morgan fingerprint density at radius 3 is 3.07 bits per heavy atom. The van der Waals surface area contributed by atoms with Crippen LogP contribution in [-0.4, -0.2) is 48.6 Å². The maximum Gasteiger partial charge on any atom is 0.0224 e. The first-order chi connectivity index (χ1) is 6.90. The lowest BCUT2D eigenvalue weighted by Gasteiger charge is -2.37. The number of nitrogens with zero attached hydrogens (tertiary/aromatic N) is 2. The molecule has 80 valence electrons. The van der Waals surface area contributed by atoms with Crippen molar-refractivity contribution >= 4 is 0 Å². The second-order valence-electron chi connectivity index (χ2n) is 4.49. The summed E-state index contributed by atoms with van der Waals surface area (Å²) in [5, 5.41) is 0. The Morgan fingerprint density at radius 2 is 2.21 bits per heavy atom. The molecule has 0 bridgehead atoms. The third kappa shape index (κ3) is 2.37. The number of rotatable bonds is 3. The normalized spacial score (nSPS) is 29.9. The molecule has 2 aliphatic heterocycles. The summed E-state index contributed by atoms with van der Waals surface area (Å²) in [5.41, 5.74) is 0. The zero-order valence-corrected chi connectivity index (χ0v) is 9.28. The summed E-state index contributed by atoms with van der Waals surface area (Å²) in [4.78, 5) is 5.30. The van der Waals surface area contributed by atoms with Crippen molar-refractivity contribution in [3.63, 3.8) is 0 Å². The van der Waals surface area contributed by atoms with Gasteiger partial charge in [-0.2, -0.15) is 0 Å². The minimum Gasteiger partial charge on any atom is -0.300 e. The minimum atomic E-state index is 0.884. The standard InChI is InChI=1S/C12H22N2/c1-2-3-4-7-13-9-10-14-8-5-6-12(14)11-13/h2-3,12H,4-11H2,1H3/b3-2+. The van der Waals surface area contributed by atoms with Gasteiger partial charge in [0.05, 0.1) is 0 Å². The van der Waals surface area contributed by atoms with Gasteiger partial charge in [-0.3, -0.25) is 4.90 Å².